The topological polar surface area (TPSA) is 35.5 Å². The minimum Gasteiger partial charge on any atom is -0.497 e. The second kappa shape index (κ2) is 2.54. The summed E-state index contributed by atoms with van der Waals surface area (Å²) in [6.45, 7) is 1.97. The molecule has 0 N–H and O–H groups in total. The molecule has 3 rings (SSSR count). The van der Waals surface area contributed by atoms with Gasteiger partial charge in [0.05, 0.1) is 18.1 Å². The average Bonchev–Trinajstić information content (AvgIpc) is 2.90. The Kier molecular flexibility index (Phi) is 1.48. The van der Waals surface area contributed by atoms with Crippen LogP contribution in [0.5, 0.6) is 11.5 Å². The van der Waals surface area contributed by atoms with Gasteiger partial charge in [-0.15, -0.1) is 0 Å². The molecule has 2 atom stereocenters. The Morgan fingerprint density at radius 1 is 1.53 bits per heavy atom. The highest BCUT2D eigenvalue weighted by atomic mass is 16.5. The number of carbonyl (C=O) groups is 1. The van der Waals surface area contributed by atoms with Gasteiger partial charge in [-0.3, -0.25) is 4.79 Å². The smallest absolute Gasteiger partial charge is 0.176 e. The fourth-order valence-electron chi connectivity index (χ4n) is 2.11. The molecule has 0 amide bonds. The van der Waals surface area contributed by atoms with Gasteiger partial charge >= 0.3 is 0 Å². The van der Waals surface area contributed by atoms with Gasteiger partial charge in [-0.25, -0.2) is 0 Å². The maximum absolute atomic E-state index is 12.1. The highest BCUT2D eigenvalue weighted by Gasteiger charge is 2.61. The number of benzene rings is 1. The SMILES string of the molecule is COc1ccc2c(c1)OC1CC1(C)C2=O. The van der Waals surface area contributed by atoms with Crippen molar-refractivity contribution in [1.82, 2.24) is 0 Å². The molecular formula is C12H12O3. The van der Waals surface area contributed by atoms with E-state index in [-0.39, 0.29) is 17.3 Å². The van der Waals surface area contributed by atoms with E-state index in [1.54, 1.807) is 25.3 Å². The summed E-state index contributed by atoms with van der Waals surface area (Å²) >= 11 is 0. The first kappa shape index (κ1) is 8.77. The number of methoxy groups -OCH3 is 1. The van der Waals surface area contributed by atoms with E-state index in [1.807, 2.05) is 6.92 Å². The van der Waals surface area contributed by atoms with Crippen LogP contribution in [0.25, 0.3) is 0 Å². The summed E-state index contributed by atoms with van der Waals surface area (Å²) in [5.41, 5.74) is 0.425. The number of rotatable bonds is 1. The standard InChI is InChI=1S/C12H12O3/c1-12-6-10(12)15-9-5-7(14-2)3-4-8(9)11(12)13/h3-5,10H,6H2,1-2H3. The third-order valence-electron chi connectivity index (χ3n) is 3.38. The number of fused-ring (bicyclic) bond motifs is 2. The van der Waals surface area contributed by atoms with E-state index in [0.29, 0.717) is 11.3 Å². The van der Waals surface area contributed by atoms with Gasteiger partial charge in [0, 0.05) is 12.5 Å². The van der Waals surface area contributed by atoms with Gasteiger partial charge in [0.2, 0.25) is 0 Å². The van der Waals surface area contributed by atoms with Crippen molar-refractivity contribution < 1.29 is 14.3 Å². The van der Waals surface area contributed by atoms with Crippen LogP contribution in [-0.4, -0.2) is 19.0 Å². The maximum atomic E-state index is 12.1. The van der Waals surface area contributed by atoms with Gasteiger partial charge in [-0.05, 0) is 19.1 Å². The zero-order chi connectivity index (χ0) is 10.6. The van der Waals surface area contributed by atoms with E-state index in [1.165, 1.54) is 0 Å². The van der Waals surface area contributed by atoms with Gasteiger partial charge in [0.15, 0.2) is 5.78 Å². The summed E-state index contributed by atoms with van der Waals surface area (Å²) in [4.78, 5) is 12.1. The Morgan fingerprint density at radius 3 is 3.07 bits per heavy atom. The van der Waals surface area contributed by atoms with Crippen LogP contribution in [0, 0.1) is 5.41 Å². The Balaban J connectivity index is 2.09. The Hall–Kier alpha value is -1.51. The molecule has 1 aromatic carbocycles. The van der Waals surface area contributed by atoms with E-state index in [9.17, 15) is 4.79 Å². The van der Waals surface area contributed by atoms with Crippen molar-refractivity contribution in [2.45, 2.75) is 19.4 Å². The lowest BCUT2D eigenvalue weighted by atomic mass is 9.94. The van der Waals surface area contributed by atoms with Crippen LogP contribution in [0.4, 0.5) is 0 Å². The van der Waals surface area contributed by atoms with Crippen molar-refractivity contribution in [2.24, 2.45) is 5.41 Å². The minimum absolute atomic E-state index is 0.0737. The molecule has 1 aromatic rings. The quantitative estimate of drug-likeness (QED) is 0.702. The first-order valence-electron chi connectivity index (χ1n) is 5.04. The monoisotopic (exact) mass is 204 g/mol. The number of Topliss-reactive ketones (excluding diaryl/α,β-unsaturated/α-hetero) is 1. The van der Waals surface area contributed by atoms with Crippen LogP contribution in [0.3, 0.4) is 0 Å². The molecule has 3 heteroatoms. The molecule has 78 valence electrons. The number of hydrogen-bond donors (Lipinski definition) is 0. The first-order valence-corrected chi connectivity index (χ1v) is 5.04. The summed E-state index contributed by atoms with van der Waals surface area (Å²) in [6, 6.07) is 5.37. The predicted octanol–water partition coefficient (Wildman–Crippen LogP) is 2.05. The third-order valence-corrected chi connectivity index (χ3v) is 3.38. The molecule has 0 bridgehead atoms. The van der Waals surface area contributed by atoms with E-state index in [4.69, 9.17) is 9.47 Å². The number of hydrogen-bond acceptors (Lipinski definition) is 3. The average molecular weight is 204 g/mol. The molecule has 1 saturated carbocycles. The molecular weight excluding hydrogens is 192 g/mol. The molecule has 0 radical (unpaired) electrons. The van der Waals surface area contributed by atoms with Gasteiger partial charge in [0.1, 0.15) is 17.6 Å². The summed E-state index contributed by atoms with van der Waals surface area (Å²) in [7, 11) is 1.60. The predicted molar refractivity (Wildman–Crippen MR) is 54.5 cm³/mol. The normalized spacial score (nSPS) is 31.3. The second-order valence-corrected chi connectivity index (χ2v) is 4.42. The van der Waals surface area contributed by atoms with Crippen LogP contribution in [0.15, 0.2) is 18.2 Å². The zero-order valence-electron chi connectivity index (χ0n) is 8.74. The van der Waals surface area contributed by atoms with E-state index in [0.717, 1.165) is 12.2 Å². The van der Waals surface area contributed by atoms with Gasteiger partial charge in [-0.2, -0.15) is 0 Å². The van der Waals surface area contributed by atoms with Crippen LogP contribution in [0.1, 0.15) is 23.7 Å². The largest absolute Gasteiger partial charge is 0.497 e. The molecule has 0 saturated heterocycles. The molecule has 1 fully saturated rings. The van der Waals surface area contributed by atoms with Crippen LogP contribution in [0.2, 0.25) is 0 Å². The molecule has 0 spiro atoms. The fourth-order valence-corrected chi connectivity index (χ4v) is 2.11. The highest BCUT2D eigenvalue weighted by molar-refractivity contribution is 6.06. The molecule has 0 aromatic heterocycles. The van der Waals surface area contributed by atoms with Crippen molar-refractivity contribution in [3.05, 3.63) is 23.8 Å². The second-order valence-electron chi connectivity index (χ2n) is 4.42. The van der Waals surface area contributed by atoms with Crippen LogP contribution >= 0.6 is 0 Å². The van der Waals surface area contributed by atoms with Crippen LogP contribution in [-0.2, 0) is 0 Å². The molecule has 1 aliphatic heterocycles. The van der Waals surface area contributed by atoms with Crippen LogP contribution < -0.4 is 9.47 Å². The van der Waals surface area contributed by atoms with Crippen molar-refractivity contribution in [2.75, 3.05) is 7.11 Å². The molecule has 3 nitrogen and oxygen atoms in total. The van der Waals surface area contributed by atoms with E-state index < -0.39 is 0 Å². The van der Waals surface area contributed by atoms with Gasteiger partial charge < -0.3 is 9.47 Å². The zero-order valence-corrected chi connectivity index (χ0v) is 8.74. The van der Waals surface area contributed by atoms with E-state index in [2.05, 4.69) is 0 Å². The fraction of sp³-hybridized carbons (Fsp3) is 0.417. The van der Waals surface area contributed by atoms with Crippen molar-refractivity contribution in [1.29, 1.82) is 0 Å². The maximum Gasteiger partial charge on any atom is 0.176 e. The number of carbonyl (C=O) groups excluding carboxylic acids is 1. The molecule has 1 aliphatic carbocycles. The lowest BCUT2D eigenvalue weighted by molar-refractivity contribution is 0.0838. The Labute approximate surface area is 88.0 Å². The molecule has 15 heavy (non-hydrogen) atoms. The number of ether oxygens (including phenoxy) is 2. The minimum atomic E-state index is -0.262. The van der Waals surface area contributed by atoms with E-state index >= 15 is 0 Å². The lowest BCUT2D eigenvalue weighted by Crippen LogP contribution is -2.25. The summed E-state index contributed by atoms with van der Waals surface area (Å²) < 4.78 is 10.8. The lowest BCUT2D eigenvalue weighted by Gasteiger charge is -2.21. The van der Waals surface area contributed by atoms with Gasteiger partial charge in [-0.1, -0.05) is 0 Å². The van der Waals surface area contributed by atoms with Crippen molar-refractivity contribution in [3.8, 4) is 11.5 Å². The summed E-state index contributed by atoms with van der Waals surface area (Å²) in [5.74, 6) is 1.60. The highest BCUT2D eigenvalue weighted by Crippen LogP contribution is 2.55. The molecule has 2 unspecified atom stereocenters. The Morgan fingerprint density at radius 2 is 2.33 bits per heavy atom. The van der Waals surface area contributed by atoms with Gasteiger partial charge in [0.25, 0.3) is 0 Å². The number of ketones is 1. The molecule has 1 heterocycles. The van der Waals surface area contributed by atoms with Crippen molar-refractivity contribution >= 4 is 5.78 Å². The summed E-state index contributed by atoms with van der Waals surface area (Å²) in [5, 5.41) is 0. The molecule has 2 aliphatic rings. The summed E-state index contributed by atoms with van der Waals surface area (Å²) in [6.07, 6.45) is 0.910. The Bertz CT molecular complexity index is 452. The third kappa shape index (κ3) is 1.03. The van der Waals surface area contributed by atoms with Crippen molar-refractivity contribution in [3.63, 3.8) is 0 Å². The first-order chi connectivity index (χ1) is 7.15.